The van der Waals surface area contributed by atoms with Gasteiger partial charge < -0.3 is 15.4 Å². The van der Waals surface area contributed by atoms with Crippen LogP contribution in [0, 0.1) is 11.3 Å². The molecule has 2 rings (SSSR count). The number of rotatable bonds is 7. The van der Waals surface area contributed by atoms with Crippen LogP contribution in [0.3, 0.4) is 0 Å². The van der Waals surface area contributed by atoms with Gasteiger partial charge in [-0.2, -0.15) is 13.7 Å². The van der Waals surface area contributed by atoms with E-state index in [9.17, 15) is 13.2 Å². The Bertz CT molecular complexity index is 992. The number of hydrogen-bond acceptors (Lipinski definition) is 6. The normalized spacial score (nSPS) is 11.4. The van der Waals surface area contributed by atoms with Crippen LogP contribution in [-0.2, 0) is 21.5 Å². The number of hydrogen-bond donors (Lipinski definition) is 3. The van der Waals surface area contributed by atoms with Gasteiger partial charge in [0.1, 0.15) is 17.4 Å². The summed E-state index contributed by atoms with van der Waals surface area (Å²) in [5.41, 5.74) is 0.928. The molecule has 0 aliphatic heterocycles. The van der Waals surface area contributed by atoms with Gasteiger partial charge >= 0.3 is 0 Å². The lowest BCUT2D eigenvalue weighted by Gasteiger charge is -2.07. The van der Waals surface area contributed by atoms with Crippen molar-refractivity contribution in [2.75, 3.05) is 12.4 Å². The Balaban J connectivity index is 2.02. The molecule has 0 atom stereocenters. The zero-order valence-corrected chi connectivity index (χ0v) is 15.2. The highest BCUT2D eigenvalue weighted by Gasteiger charge is 2.11. The second-order valence-electron chi connectivity index (χ2n) is 5.35. The van der Waals surface area contributed by atoms with Gasteiger partial charge in [-0.25, -0.2) is 0 Å². The summed E-state index contributed by atoms with van der Waals surface area (Å²) < 4.78 is 36.4. The van der Waals surface area contributed by atoms with Crippen LogP contribution in [0.5, 0.6) is 5.75 Å². The van der Waals surface area contributed by atoms with Gasteiger partial charge in [0.2, 0.25) is 0 Å². The van der Waals surface area contributed by atoms with E-state index in [0.717, 1.165) is 11.8 Å². The number of nitriles is 1. The molecule has 8 nitrogen and oxygen atoms in total. The monoisotopic (exact) mass is 387 g/mol. The standard InChI is InChI=1S/C18H17N3O5S/c1-26-16-7-5-13(6-8-16)11-21-18(22)14(10-19)12-20-15-3-2-4-17(9-15)27(23,24)25/h2-9,12,20H,11H2,1H3,(H,21,22)(H,23,24,25)/b14-12-. The smallest absolute Gasteiger partial charge is 0.294 e. The maximum atomic E-state index is 12.1. The molecule has 0 aromatic heterocycles. The number of benzene rings is 2. The molecule has 0 aliphatic rings. The molecule has 0 spiro atoms. The van der Waals surface area contributed by atoms with Gasteiger partial charge in [0.15, 0.2) is 0 Å². The summed E-state index contributed by atoms with van der Waals surface area (Å²) in [7, 11) is -2.79. The lowest BCUT2D eigenvalue weighted by atomic mass is 10.2. The number of amides is 1. The minimum Gasteiger partial charge on any atom is -0.497 e. The van der Waals surface area contributed by atoms with E-state index in [0.29, 0.717) is 11.4 Å². The Morgan fingerprint density at radius 3 is 2.56 bits per heavy atom. The Morgan fingerprint density at radius 2 is 1.96 bits per heavy atom. The molecule has 1 amide bonds. The lowest BCUT2D eigenvalue weighted by Crippen LogP contribution is -2.24. The molecule has 0 unspecified atom stereocenters. The molecule has 3 N–H and O–H groups in total. The van der Waals surface area contributed by atoms with E-state index in [1.807, 2.05) is 0 Å². The van der Waals surface area contributed by atoms with E-state index >= 15 is 0 Å². The fourth-order valence-electron chi connectivity index (χ4n) is 2.07. The first-order valence-electron chi connectivity index (χ1n) is 7.69. The van der Waals surface area contributed by atoms with Gasteiger partial charge in [-0.15, -0.1) is 0 Å². The van der Waals surface area contributed by atoms with Crippen LogP contribution in [0.2, 0.25) is 0 Å². The average Bonchev–Trinajstić information content (AvgIpc) is 2.66. The Morgan fingerprint density at radius 1 is 1.26 bits per heavy atom. The third-order valence-corrected chi connectivity index (χ3v) is 4.34. The van der Waals surface area contributed by atoms with Gasteiger partial charge in [0, 0.05) is 18.4 Å². The summed E-state index contributed by atoms with van der Waals surface area (Å²) >= 11 is 0. The highest BCUT2D eigenvalue weighted by molar-refractivity contribution is 7.85. The fraction of sp³-hybridized carbons (Fsp3) is 0.111. The van der Waals surface area contributed by atoms with Crippen LogP contribution in [0.1, 0.15) is 5.56 Å². The van der Waals surface area contributed by atoms with Gasteiger partial charge in [-0.05, 0) is 35.9 Å². The maximum Gasteiger partial charge on any atom is 0.294 e. The summed E-state index contributed by atoms with van der Waals surface area (Å²) in [6.45, 7) is 0.222. The first-order chi connectivity index (χ1) is 12.8. The predicted octanol–water partition coefficient (Wildman–Crippen LogP) is 2.08. The second kappa shape index (κ2) is 8.84. The van der Waals surface area contributed by atoms with Crippen LogP contribution < -0.4 is 15.4 Å². The van der Waals surface area contributed by atoms with E-state index in [2.05, 4.69) is 10.6 Å². The zero-order chi connectivity index (χ0) is 19.9. The van der Waals surface area contributed by atoms with Gasteiger partial charge in [-0.1, -0.05) is 18.2 Å². The minimum atomic E-state index is -4.34. The number of carbonyl (C=O) groups excluding carboxylic acids is 1. The average molecular weight is 387 g/mol. The summed E-state index contributed by atoms with van der Waals surface area (Å²) in [5, 5.41) is 14.4. The molecule has 0 saturated heterocycles. The molecule has 2 aromatic rings. The van der Waals surface area contributed by atoms with Crippen LogP contribution in [-0.4, -0.2) is 26.0 Å². The summed E-state index contributed by atoms with van der Waals surface area (Å²) in [5.74, 6) is 0.103. The highest BCUT2D eigenvalue weighted by Crippen LogP contribution is 2.15. The van der Waals surface area contributed by atoms with E-state index in [1.165, 1.54) is 24.3 Å². The first-order valence-corrected chi connectivity index (χ1v) is 9.13. The van der Waals surface area contributed by atoms with Crippen molar-refractivity contribution in [2.24, 2.45) is 0 Å². The number of anilines is 1. The zero-order valence-electron chi connectivity index (χ0n) is 14.3. The van der Waals surface area contributed by atoms with Gasteiger partial charge in [0.25, 0.3) is 16.0 Å². The van der Waals surface area contributed by atoms with Crippen molar-refractivity contribution in [3.63, 3.8) is 0 Å². The molecule has 0 fully saturated rings. The molecule has 140 valence electrons. The molecule has 27 heavy (non-hydrogen) atoms. The minimum absolute atomic E-state index is 0.194. The topological polar surface area (TPSA) is 129 Å². The van der Waals surface area contributed by atoms with Crippen molar-refractivity contribution in [1.82, 2.24) is 5.32 Å². The highest BCUT2D eigenvalue weighted by atomic mass is 32.2. The molecule has 0 bridgehead atoms. The molecular weight excluding hydrogens is 370 g/mol. The largest absolute Gasteiger partial charge is 0.497 e. The van der Waals surface area contributed by atoms with Gasteiger partial charge in [-0.3, -0.25) is 9.35 Å². The van der Waals surface area contributed by atoms with Crippen LogP contribution >= 0.6 is 0 Å². The van der Waals surface area contributed by atoms with E-state index in [-0.39, 0.29) is 17.0 Å². The molecule has 0 radical (unpaired) electrons. The molecule has 2 aromatic carbocycles. The van der Waals surface area contributed by atoms with E-state index in [4.69, 9.17) is 14.6 Å². The third-order valence-electron chi connectivity index (χ3n) is 3.49. The van der Waals surface area contributed by atoms with Crippen molar-refractivity contribution >= 4 is 21.7 Å². The first kappa shape index (κ1) is 20.0. The Hall–Kier alpha value is -3.35. The molecule has 0 heterocycles. The third kappa shape index (κ3) is 5.85. The van der Waals surface area contributed by atoms with Crippen molar-refractivity contribution in [3.8, 4) is 11.8 Å². The van der Waals surface area contributed by atoms with Crippen LogP contribution in [0.25, 0.3) is 0 Å². The van der Waals surface area contributed by atoms with Crippen molar-refractivity contribution in [3.05, 3.63) is 65.9 Å². The van der Waals surface area contributed by atoms with Gasteiger partial charge in [0.05, 0.1) is 12.0 Å². The van der Waals surface area contributed by atoms with E-state index in [1.54, 1.807) is 37.4 Å². The number of nitrogens with one attached hydrogen (secondary N) is 2. The predicted molar refractivity (Wildman–Crippen MR) is 98.4 cm³/mol. The molecule has 9 heteroatoms. The number of ether oxygens (including phenoxy) is 1. The summed E-state index contributed by atoms with van der Waals surface area (Å²) in [6, 6.07) is 14.2. The van der Waals surface area contributed by atoms with E-state index < -0.39 is 16.0 Å². The van der Waals surface area contributed by atoms with Crippen molar-refractivity contribution < 1.29 is 22.5 Å². The van der Waals surface area contributed by atoms with Crippen LogP contribution in [0.15, 0.2) is 65.2 Å². The van der Waals surface area contributed by atoms with Crippen molar-refractivity contribution in [1.29, 1.82) is 5.26 Å². The quantitative estimate of drug-likeness (QED) is 0.377. The Kier molecular flexibility index (Phi) is 6.54. The summed E-state index contributed by atoms with van der Waals surface area (Å²) in [4.78, 5) is 11.8. The maximum absolute atomic E-state index is 12.1. The number of nitrogens with zero attached hydrogens (tertiary/aromatic N) is 1. The second-order valence-corrected chi connectivity index (χ2v) is 6.77. The fourth-order valence-corrected chi connectivity index (χ4v) is 2.60. The number of carbonyl (C=O) groups is 1. The van der Waals surface area contributed by atoms with Crippen molar-refractivity contribution in [2.45, 2.75) is 11.4 Å². The van der Waals surface area contributed by atoms with Crippen LogP contribution in [0.4, 0.5) is 5.69 Å². The molecular formula is C18H17N3O5S. The molecule has 0 aliphatic carbocycles. The summed E-state index contributed by atoms with van der Waals surface area (Å²) in [6.07, 6.45) is 1.16. The Labute approximate surface area is 156 Å². The SMILES string of the molecule is COc1ccc(CNC(=O)/C(C#N)=C\Nc2cccc(S(=O)(=O)O)c2)cc1. The number of methoxy groups -OCH3 is 1. The molecule has 0 saturated carbocycles. The lowest BCUT2D eigenvalue weighted by molar-refractivity contribution is -0.117.